The van der Waals surface area contributed by atoms with E-state index in [1.165, 1.54) is 17.3 Å². The molecule has 3 atom stereocenters. The summed E-state index contributed by atoms with van der Waals surface area (Å²) in [6, 6.07) is 7.43. The van der Waals surface area contributed by atoms with E-state index < -0.39 is 17.0 Å². The van der Waals surface area contributed by atoms with Gasteiger partial charge >= 0.3 is 5.97 Å². The molecule has 0 radical (unpaired) electrons. The lowest BCUT2D eigenvalue weighted by Gasteiger charge is -2.40. The Kier molecular flexibility index (Phi) is 4.36. The van der Waals surface area contributed by atoms with Crippen molar-refractivity contribution in [3.63, 3.8) is 0 Å². The van der Waals surface area contributed by atoms with Gasteiger partial charge in [0, 0.05) is 5.02 Å². The minimum Gasteiger partial charge on any atom is -0.481 e. The quantitative estimate of drug-likeness (QED) is 0.865. The summed E-state index contributed by atoms with van der Waals surface area (Å²) in [6.45, 7) is 1.72. The highest BCUT2D eigenvalue weighted by atomic mass is 35.5. The summed E-state index contributed by atoms with van der Waals surface area (Å²) in [6.07, 6.45) is 4.52. The summed E-state index contributed by atoms with van der Waals surface area (Å²) in [7, 11) is 0. The van der Waals surface area contributed by atoms with Crippen LogP contribution in [0.15, 0.2) is 36.9 Å². The maximum Gasteiger partial charge on any atom is 0.312 e. The maximum absolute atomic E-state index is 11.9. The fourth-order valence-corrected chi connectivity index (χ4v) is 3.83. The Hall–Kier alpha value is -1.92. The van der Waals surface area contributed by atoms with Crippen LogP contribution in [0.4, 0.5) is 0 Å². The molecule has 0 saturated heterocycles. The Bertz CT molecular complexity index is 719. The zero-order chi connectivity index (χ0) is 17.4. The molecule has 24 heavy (non-hydrogen) atoms. The molecular formula is C17H20ClN3O3. The van der Waals surface area contributed by atoms with Gasteiger partial charge in [0.25, 0.3) is 0 Å². The average molecular weight is 350 g/mol. The van der Waals surface area contributed by atoms with Crippen molar-refractivity contribution in [2.45, 2.75) is 38.3 Å². The number of hydrogen-bond acceptors (Lipinski definition) is 4. The van der Waals surface area contributed by atoms with E-state index in [4.69, 9.17) is 11.6 Å². The van der Waals surface area contributed by atoms with Crippen molar-refractivity contribution in [2.75, 3.05) is 0 Å². The normalized spacial score (nSPS) is 29.7. The Morgan fingerprint density at radius 3 is 2.71 bits per heavy atom. The van der Waals surface area contributed by atoms with Gasteiger partial charge in [-0.25, -0.2) is 4.98 Å². The third kappa shape index (κ3) is 2.80. The summed E-state index contributed by atoms with van der Waals surface area (Å²) < 4.78 is 1.50. The Morgan fingerprint density at radius 2 is 2.12 bits per heavy atom. The first-order valence-electron chi connectivity index (χ1n) is 7.88. The van der Waals surface area contributed by atoms with Crippen LogP contribution < -0.4 is 0 Å². The molecule has 2 N–H and O–H groups in total. The molecule has 1 saturated carbocycles. The molecular weight excluding hydrogens is 330 g/mol. The van der Waals surface area contributed by atoms with Gasteiger partial charge in [0.1, 0.15) is 18.3 Å². The molecule has 0 unspecified atom stereocenters. The molecule has 0 bridgehead atoms. The van der Waals surface area contributed by atoms with Crippen molar-refractivity contribution >= 4 is 17.6 Å². The summed E-state index contributed by atoms with van der Waals surface area (Å²) in [5.74, 6) is -1.17. The largest absolute Gasteiger partial charge is 0.481 e. The van der Waals surface area contributed by atoms with Crippen molar-refractivity contribution in [1.82, 2.24) is 14.8 Å². The van der Waals surface area contributed by atoms with Gasteiger partial charge in [0.05, 0.1) is 12.0 Å². The molecule has 1 aliphatic rings. The minimum atomic E-state index is -1.41. The number of rotatable bonds is 5. The second-order valence-electron chi connectivity index (χ2n) is 6.72. The van der Waals surface area contributed by atoms with Crippen LogP contribution in [-0.4, -0.2) is 36.5 Å². The van der Waals surface area contributed by atoms with Crippen molar-refractivity contribution in [1.29, 1.82) is 0 Å². The molecule has 128 valence electrons. The van der Waals surface area contributed by atoms with Crippen LogP contribution in [0.25, 0.3) is 0 Å². The number of hydrogen-bond donors (Lipinski definition) is 2. The lowest BCUT2D eigenvalue weighted by molar-refractivity contribution is -0.169. The smallest absolute Gasteiger partial charge is 0.312 e. The number of aromatic nitrogens is 3. The monoisotopic (exact) mass is 349 g/mol. The highest BCUT2D eigenvalue weighted by molar-refractivity contribution is 6.30. The highest BCUT2D eigenvalue weighted by Gasteiger charge is 2.61. The third-order valence-corrected chi connectivity index (χ3v) is 5.61. The van der Waals surface area contributed by atoms with Crippen LogP contribution in [0.3, 0.4) is 0 Å². The first kappa shape index (κ1) is 16.9. The van der Waals surface area contributed by atoms with E-state index in [0.29, 0.717) is 24.3 Å². The Labute approximate surface area is 145 Å². The van der Waals surface area contributed by atoms with Gasteiger partial charge in [0.2, 0.25) is 0 Å². The van der Waals surface area contributed by atoms with Crippen LogP contribution in [0.5, 0.6) is 0 Å². The summed E-state index contributed by atoms with van der Waals surface area (Å²) in [5, 5.41) is 25.9. The molecule has 1 aromatic heterocycles. The van der Waals surface area contributed by atoms with E-state index in [2.05, 4.69) is 10.1 Å². The number of aliphatic hydroxyl groups is 1. The predicted octanol–water partition coefficient (Wildman–Crippen LogP) is 2.41. The molecule has 2 aromatic rings. The van der Waals surface area contributed by atoms with Crippen LogP contribution >= 0.6 is 11.6 Å². The number of halogens is 1. The van der Waals surface area contributed by atoms with Gasteiger partial charge in [0.15, 0.2) is 0 Å². The fourth-order valence-electron chi connectivity index (χ4n) is 3.70. The molecule has 1 aromatic carbocycles. The van der Waals surface area contributed by atoms with E-state index in [1.54, 1.807) is 19.1 Å². The van der Waals surface area contributed by atoms with E-state index in [9.17, 15) is 15.0 Å². The first-order chi connectivity index (χ1) is 11.3. The standard InChI is InChI=1S/C17H20ClN3O3/c1-16(15(22)23)7-6-13(8-12-2-4-14(18)5-3-12)17(16,24)9-21-11-19-10-20-21/h2-5,10-11,13,24H,6-9H2,1H3,(H,22,23)/t13-,16-,17+/m0/s1. The molecule has 0 spiro atoms. The van der Waals surface area contributed by atoms with Gasteiger partial charge in [-0.15, -0.1) is 0 Å². The van der Waals surface area contributed by atoms with E-state index >= 15 is 0 Å². The number of nitrogens with zero attached hydrogens (tertiary/aromatic N) is 3. The van der Waals surface area contributed by atoms with Gasteiger partial charge < -0.3 is 10.2 Å². The number of carbonyl (C=O) groups is 1. The Balaban J connectivity index is 1.92. The second-order valence-corrected chi connectivity index (χ2v) is 7.16. The van der Waals surface area contributed by atoms with Gasteiger partial charge in [-0.05, 0) is 49.8 Å². The maximum atomic E-state index is 11.9. The van der Waals surface area contributed by atoms with Crippen LogP contribution in [0, 0.1) is 11.3 Å². The molecule has 0 aliphatic heterocycles. The van der Waals surface area contributed by atoms with E-state index in [-0.39, 0.29) is 12.5 Å². The zero-order valence-corrected chi connectivity index (χ0v) is 14.1. The predicted molar refractivity (Wildman–Crippen MR) is 88.6 cm³/mol. The molecule has 1 aliphatic carbocycles. The lowest BCUT2D eigenvalue weighted by Crippen LogP contribution is -2.54. The third-order valence-electron chi connectivity index (χ3n) is 5.36. The molecule has 6 nitrogen and oxygen atoms in total. The van der Waals surface area contributed by atoms with Gasteiger partial charge in [-0.1, -0.05) is 23.7 Å². The van der Waals surface area contributed by atoms with Crippen LogP contribution in [-0.2, 0) is 17.8 Å². The fraction of sp³-hybridized carbons (Fsp3) is 0.471. The van der Waals surface area contributed by atoms with Crippen molar-refractivity contribution in [2.24, 2.45) is 11.3 Å². The molecule has 0 amide bonds. The Morgan fingerprint density at radius 1 is 1.42 bits per heavy atom. The average Bonchev–Trinajstić information content (AvgIpc) is 3.12. The van der Waals surface area contributed by atoms with Crippen molar-refractivity contribution < 1.29 is 15.0 Å². The number of carboxylic acid groups (broad SMARTS) is 1. The number of carboxylic acids is 1. The topological polar surface area (TPSA) is 88.2 Å². The molecule has 1 heterocycles. The highest BCUT2D eigenvalue weighted by Crippen LogP contribution is 2.52. The zero-order valence-electron chi connectivity index (χ0n) is 13.4. The second kappa shape index (κ2) is 6.18. The summed E-state index contributed by atoms with van der Waals surface area (Å²) in [5.41, 5.74) is -1.61. The molecule has 1 fully saturated rings. The first-order valence-corrected chi connectivity index (χ1v) is 8.25. The van der Waals surface area contributed by atoms with Gasteiger partial charge in [-0.2, -0.15) is 5.10 Å². The molecule has 7 heteroatoms. The molecule has 3 rings (SSSR count). The minimum absolute atomic E-state index is 0.105. The van der Waals surface area contributed by atoms with Crippen LogP contribution in [0.1, 0.15) is 25.3 Å². The van der Waals surface area contributed by atoms with E-state index in [1.807, 2.05) is 12.1 Å². The summed E-state index contributed by atoms with van der Waals surface area (Å²) >= 11 is 5.92. The van der Waals surface area contributed by atoms with E-state index in [0.717, 1.165) is 5.56 Å². The van der Waals surface area contributed by atoms with Gasteiger partial charge in [-0.3, -0.25) is 9.48 Å². The lowest BCUT2D eigenvalue weighted by atomic mass is 9.71. The number of aliphatic carboxylic acids is 1. The summed E-state index contributed by atoms with van der Waals surface area (Å²) in [4.78, 5) is 15.8. The van der Waals surface area contributed by atoms with Crippen LogP contribution in [0.2, 0.25) is 5.02 Å². The van der Waals surface area contributed by atoms with Crippen molar-refractivity contribution in [3.05, 3.63) is 47.5 Å². The SMILES string of the molecule is C[C@@]1(C(=O)O)CC[C@@H](Cc2ccc(Cl)cc2)[C@]1(O)Cn1cncn1. The van der Waals surface area contributed by atoms with Crippen molar-refractivity contribution in [3.8, 4) is 0 Å². The number of benzene rings is 1.